The minimum absolute atomic E-state index is 0. The van der Waals surface area contributed by atoms with Gasteiger partial charge in [-0.05, 0) is 20.1 Å². The molecule has 0 atom stereocenters. The van der Waals surface area contributed by atoms with Gasteiger partial charge in [-0.25, -0.2) is 0 Å². The fraction of sp³-hybridized carbons (Fsp3) is 1.00. The second-order valence-corrected chi connectivity index (χ2v) is 13.8. The van der Waals surface area contributed by atoms with Gasteiger partial charge in [-0.2, -0.15) is 0 Å². The van der Waals surface area contributed by atoms with Gasteiger partial charge in [0.2, 0.25) is 0 Å². The third-order valence-corrected chi connectivity index (χ3v) is 9.35. The fourth-order valence-corrected chi connectivity index (χ4v) is 7.78. The molecule has 0 fully saturated rings. The summed E-state index contributed by atoms with van der Waals surface area (Å²) in [6, 6.07) is 0. The molecule has 0 aliphatic carbocycles. The maximum absolute atomic E-state index is 6.06. The molecule has 0 bridgehead atoms. The number of hydrogen-bond acceptors (Lipinski definition) is 2. The Morgan fingerprint density at radius 1 is 1.09 bits per heavy atom. The molecule has 0 amide bonds. The van der Waals surface area contributed by atoms with Crippen molar-refractivity contribution in [2.45, 2.75) is 32.7 Å². The minimum atomic E-state index is -1.50. The summed E-state index contributed by atoms with van der Waals surface area (Å²) >= 11 is 0. The van der Waals surface area contributed by atoms with Crippen molar-refractivity contribution < 1.29 is 20.3 Å². The van der Waals surface area contributed by atoms with E-state index in [4.69, 9.17) is 5.40 Å². The Morgan fingerprint density at radius 2 is 1.36 bits per heavy atom. The van der Waals surface area contributed by atoms with Crippen LogP contribution in [0, 0.1) is 0 Å². The largest absolute Gasteiger partial charge is 1.00 e. The summed E-state index contributed by atoms with van der Waals surface area (Å²) in [6.07, 6.45) is 0. The third-order valence-electron chi connectivity index (χ3n) is 1.87. The van der Waals surface area contributed by atoms with Gasteiger partial charge in [0.15, 0.2) is 8.40 Å². The first kappa shape index (κ1) is 14.5. The number of nitrogens with zero attached hydrogens (tertiary/aromatic N) is 1. The molecule has 0 rings (SSSR count). The third kappa shape index (κ3) is 5.23. The van der Waals surface area contributed by atoms with E-state index in [0.717, 1.165) is 0 Å². The maximum atomic E-state index is 6.06. The van der Waals surface area contributed by atoms with Gasteiger partial charge in [-0.15, -0.1) is 0 Å². The topological polar surface area (TPSA) is 29.3 Å². The summed E-state index contributed by atoms with van der Waals surface area (Å²) in [4.78, 5) is 0. The standard InChI is InChI=1S/C6H20N2Si2.Li.H/c1-8(9(2,3)4)10(5,6)7;;/h7H2,1-6H3;;/q;+1;-1. The van der Waals surface area contributed by atoms with Crippen LogP contribution in [-0.2, 0) is 0 Å². The first-order chi connectivity index (χ1) is 4.15. The predicted octanol–water partition coefficient (Wildman–Crippen LogP) is -1.47. The number of hydrogen-bond donors (Lipinski definition) is 1. The summed E-state index contributed by atoms with van der Waals surface area (Å²) in [6.45, 7) is 11.4. The summed E-state index contributed by atoms with van der Waals surface area (Å²) in [5.41, 5.74) is 0. The van der Waals surface area contributed by atoms with Crippen LogP contribution >= 0.6 is 0 Å². The van der Waals surface area contributed by atoms with Gasteiger partial charge in [0, 0.05) is 0 Å². The first-order valence-electron chi connectivity index (χ1n) is 3.68. The Balaban J connectivity index is -0.000000405. The number of rotatable bonds is 2. The van der Waals surface area contributed by atoms with E-state index < -0.39 is 16.6 Å². The molecule has 0 heterocycles. The van der Waals surface area contributed by atoms with Crippen LogP contribution < -0.4 is 24.3 Å². The quantitative estimate of drug-likeness (QED) is 0.531. The van der Waals surface area contributed by atoms with Gasteiger partial charge >= 0.3 is 18.9 Å². The van der Waals surface area contributed by atoms with Crippen LogP contribution in [0.15, 0.2) is 0 Å². The molecule has 2 nitrogen and oxygen atoms in total. The first-order valence-corrected chi connectivity index (χ1v) is 10.2. The zero-order chi connectivity index (χ0) is 8.58. The molecule has 11 heavy (non-hydrogen) atoms. The van der Waals surface area contributed by atoms with E-state index in [0.29, 0.717) is 0 Å². The monoisotopic (exact) mass is 184 g/mol. The average molecular weight is 184 g/mol. The average Bonchev–Trinajstić information content (AvgIpc) is 1.59. The number of nitrogens with two attached hydrogens (primary N) is 1. The predicted molar refractivity (Wildman–Crippen MR) is 53.9 cm³/mol. The van der Waals surface area contributed by atoms with Crippen LogP contribution in [0.1, 0.15) is 1.43 Å². The summed E-state index contributed by atoms with van der Waals surface area (Å²) in [5, 5.41) is 6.06. The van der Waals surface area contributed by atoms with E-state index in [2.05, 4.69) is 44.0 Å². The van der Waals surface area contributed by atoms with E-state index in [9.17, 15) is 0 Å². The summed E-state index contributed by atoms with van der Waals surface area (Å²) in [7, 11) is -0.462. The van der Waals surface area contributed by atoms with Crippen molar-refractivity contribution in [2.75, 3.05) is 7.05 Å². The molecule has 0 spiro atoms. The van der Waals surface area contributed by atoms with Crippen LogP contribution in [0.4, 0.5) is 0 Å². The Bertz CT molecular complexity index is 108. The van der Waals surface area contributed by atoms with E-state index in [-0.39, 0.29) is 20.3 Å². The molecule has 5 heteroatoms. The molecule has 0 aromatic rings. The van der Waals surface area contributed by atoms with E-state index >= 15 is 0 Å². The summed E-state index contributed by atoms with van der Waals surface area (Å²) in [5.74, 6) is 0. The molecule has 0 saturated carbocycles. The zero-order valence-electron chi connectivity index (χ0n) is 10.0. The Hall–Kier alpha value is 0.951. The molecular weight excluding hydrogens is 163 g/mol. The van der Waals surface area contributed by atoms with E-state index in [1.807, 2.05) is 0 Å². The normalized spacial score (nSPS) is 13.1. The van der Waals surface area contributed by atoms with Gasteiger partial charge in [0.05, 0.1) is 0 Å². The molecule has 0 aliphatic heterocycles. The van der Waals surface area contributed by atoms with Gasteiger partial charge < -0.3 is 11.1 Å². The summed E-state index contributed by atoms with van der Waals surface area (Å²) < 4.78 is 2.43. The second-order valence-electron chi connectivity index (χ2n) is 4.38. The molecule has 0 aliphatic rings. The van der Waals surface area contributed by atoms with Crippen LogP contribution in [0.25, 0.3) is 0 Å². The maximum Gasteiger partial charge on any atom is 1.00 e. The minimum Gasteiger partial charge on any atom is -1.00 e. The molecular formula is C6H21LiN2Si2. The van der Waals surface area contributed by atoms with Crippen LogP contribution in [-0.4, -0.2) is 27.9 Å². The molecule has 0 saturated heterocycles. The SMILES string of the molecule is CN([Si](C)(C)C)[Si](C)(C)N.[H-].[Li+]. The second kappa shape index (κ2) is 4.26. The molecule has 0 radical (unpaired) electrons. The van der Waals surface area contributed by atoms with Gasteiger partial charge in [-0.1, -0.05) is 19.6 Å². The molecule has 0 unspecified atom stereocenters. The van der Waals surface area contributed by atoms with Crippen molar-refractivity contribution >= 4 is 16.6 Å². The van der Waals surface area contributed by atoms with Crippen molar-refractivity contribution in [3.05, 3.63) is 0 Å². The van der Waals surface area contributed by atoms with Crippen LogP contribution in [0.3, 0.4) is 0 Å². The van der Waals surface area contributed by atoms with Gasteiger partial charge in [-0.3, -0.25) is 0 Å². The fourth-order valence-electron chi connectivity index (χ4n) is 0.864. The smallest absolute Gasteiger partial charge is 1.00 e. The van der Waals surface area contributed by atoms with Gasteiger partial charge in [0.25, 0.3) is 0 Å². The Kier molecular flexibility index (Phi) is 5.61. The Labute approximate surface area is 86.4 Å². The molecule has 0 aromatic heterocycles. The molecule has 64 valence electrons. The van der Waals surface area contributed by atoms with Crippen molar-refractivity contribution in [3.8, 4) is 0 Å². The molecule has 0 aromatic carbocycles. The zero-order valence-corrected chi connectivity index (χ0v) is 11.0. The van der Waals surface area contributed by atoms with Crippen LogP contribution in [0.5, 0.6) is 0 Å². The van der Waals surface area contributed by atoms with Crippen molar-refractivity contribution in [1.29, 1.82) is 0 Å². The van der Waals surface area contributed by atoms with E-state index in [1.54, 1.807) is 0 Å². The molecule has 2 N–H and O–H groups in total. The van der Waals surface area contributed by atoms with Crippen LogP contribution in [0.2, 0.25) is 32.7 Å². The Morgan fingerprint density at radius 3 is 1.36 bits per heavy atom. The van der Waals surface area contributed by atoms with Crippen molar-refractivity contribution in [2.24, 2.45) is 5.40 Å². The van der Waals surface area contributed by atoms with Gasteiger partial charge in [0.1, 0.15) is 8.24 Å². The van der Waals surface area contributed by atoms with Crippen molar-refractivity contribution in [3.63, 3.8) is 0 Å². The van der Waals surface area contributed by atoms with E-state index in [1.165, 1.54) is 0 Å². The van der Waals surface area contributed by atoms with Crippen molar-refractivity contribution in [1.82, 2.24) is 4.23 Å².